The molecule has 122 valence electrons. The largest absolute Gasteiger partial charge is 0.344 e. The molecule has 1 saturated heterocycles. The molecule has 2 fully saturated rings. The molecule has 1 aliphatic heterocycles. The molecule has 4 amide bonds. The zero-order valence-corrected chi connectivity index (χ0v) is 12.6. The molecule has 0 radical (unpaired) electrons. The van der Waals surface area contributed by atoms with Crippen LogP contribution in [-0.4, -0.2) is 38.6 Å². The fourth-order valence-electron chi connectivity index (χ4n) is 2.95. The van der Waals surface area contributed by atoms with E-state index in [0.717, 1.165) is 18.9 Å². The molecule has 0 unspecified atom stereocenters. The van der Waals surface area contributed by atoms with Gasteiger partial charge in [-0.2, -0.15) is 10.1 Å². The van der Waals surface area contributed by atoms with Gasteiger partial charge in [0.15, 0.2) is 5.69 Å². The zero-order chi connectivity index (χ0) is 16.6. The molecule has 0 aromatic carbocycles. The number of H-pyrrole nitrogens is 1. The summed E-state index contributed by atoms with van der Waals surface area (Å²) in [7, 11) is 0. The lowest BCUT2D eigenvalue weighted by Gasteiger charge is -2.33. The van der Waals surface area contributed by atoms with Gasteiger partial charge in [0.2, 0.25) is 0 Å². The number of amides is 4. The van der Waals surface area contributed by atoms with Gasteiger partial charge in [-0.3, -0.25) is 19.8 Å². The van der Waals surface area contributed by atoms with Gasteiger partial charge in [-0.05, 0) is 37.7 Å². The Balaban J connectivity index is 1.74. The predicted octanol–water partition coefficient (Wildman–Crippen LogP) is -0.0846. The van der Waals surface area contributed by atoms with Gasteiger partial charge < -0.3 is 5.32 Å². The van der Waals surface area contributed by atoms with Crippen LogP contribution in [0.15, 0.2) is 16.9 Å². The van der Waals surface area contributed by atoms with Gasteiger partial charge in [-0.25, -0.2) is 9.89 Å². The fraction of sp³-hybridized carbons (Fsp3) is 0.500. The molecule has 1 aliphatic carbocycles. The second-order valence-corrected chi connectivity index (χ2v) is 6.08. The van der Waals surface area contributed by atoms with E-state index < -0.39 is 28.9 Å². The van der Waals surface area contributed by atoms with Crippen LogP contribution in [0.25, 0.3) is 0 Å². The maximum atomic E-state index is 12.6. The van der Waals surface area contributed by atoms with Crippen molar-refractivity contribution in [3.8, 4) is 0 Å². The Labute approximate surface area is 131 Å². The average Bonchev–Trinajstić information content (AvgIpc) is 2.75. The number of urea groups is 1. The quantitative estimate of drug-likeness (QED) is 0.657. The van der Waals surface area contributed by atoms with Crippen LogP contribution in [0.5, 0.6) is 0 Å². The molecule has 2 aliphatic rings. The van der Waals surface area contributed by atoms with Crippen LogP contribution in [0.2, 0.25) is 0 Å². The number of hydrogen-bond donors (Lipinski definition) is 3. The molecule has 1 spiro atoms. The molecule has 9 heteroatoms. The maximum Gasteiger partial charge on any atom is 0.344 e. The minimum absolute atomic E-state index is 0.0941. The number of imide groups is 1. The van der Waals surface area contributed by atoms with Crippen LogP contribution in [0.1, 0.15) is 43.1 Å². The van der Waals surface area contributed by atoms with E-state index in [1.807, 2.05) is 0 Å². The van der Waals surface area contributed by atoms with E-state index in [1.165, 1.54) is 6.07 Å². The molecule has 3 rings (SSSR count). The smallest absolute Gasteiger partial charge is 0.322 e. The van der Waals surface area contributed by atoms with Crippen LogP contribution < -0.4 is 16.3 Å². The summed E-state index contributed by atoms with van der Waals surface area (Å²) in [6.07, 6.45) is 2.80. The highest BCUT2D eigenvalue weighted by Gasteiger charge is 2.52. The Bertz CT molecular complexity index is 700. The fourth-order valence-corrected chi connectivity index (χ4v) is 2.95. The van der Waals surface area contributed by atoms with Gasteiger partial charge in [-0.15, -0.1) is 0 Å². The monoisotopic (exact) mass is 319 g/mol. The van der Waals surface area contributed by atoms with Gasteiger partial charge >= 0.3 is 6.03 Å². The molecular weight excluding hydrogens is 302 g/mol. The van der Waals surface area contributed by atoms with Crippen molar-refractivity contribution in [2.45, 2.75) is 38.1 Å². The number of hydrazine groups is 1. The molecule has 0 atom stereocenters. The first-order chi connectivity index (χ1) is 10.9. The van der Waals surface area contributed by atoms with Crippen LogP contribution in [0.4, 0.5) is 4.79 Å². The normalized spacial score (nSPS) is 27.2. The Hall–Kier alpha value is -2.71. The second-order valence-electron chi connectivity index (χ2n) is 6.08. The molecule has 2 heterocycles. The van der Waals surface area contributed by atoms with Gasteiger partial charge in [0.05, 0.1) is 0 Å². The highest BCUT2D eigenvalue weighted by Crippen LogP contribution is 2.35. The standard InChI is InChI=1S/C14H17N5O4/c1-8-4-6-14(7-5-8)12(22)19(13(23)15-14)18-11(21)9-2-3-10(20)17-16-9/h2-3,8H,4-7H2,1H3,(H,15,23)(H,17,20)(H,18,21). The van der Waals surface area contributed by atoms with E-state index in [-0.39, 0.29) is 5.69 Å². The summed E-state index contributed by atoms with van der Waals surface area (Å²) in [6, 6.07) is 1.70. The van der Waals surface area contributed by atoms with Gasteiger partial charge in [0.1, 0.15) is 5.54 Å². The van der Waals surface area contributed by atoms with Crippen molar-refractivity contribution < 1.29 is 14.4 Å². The molecule has 1 aromatic heterocycles. The predicted molar refractivity (Wildman–Crippen MR) is 78.1 cm³/mol. The Kier molecular flexibility index (Phi) is 3.63. The van der Waals surface area contributed by atoms with Crippen molar-refractivity contribution in [2.24, 2.45) is 5.92 Å². The molecule has 1 aromatic rings. The number of nitrogens with one attached hydrogen (secondary N) is 3. The van der Waals surface area contributed by atoms with Crippen LogP contribution >= 0.6 is 0 Å². The number of hydrogen-bond acceptors (Lipinski definition) is 5. The molecule has 0 bridgehead atoms. The number of aromatic nitrogens is 2. The van der Waals surface area contributed by atoms with Crippen LogP contribution in [0.3, 0.4) is 0 Å². The van der Waals surface area contributed by atoms with E-state index in [9.17, 15) is 19.2 Å². The number of rotatable bonds is 2. The third kappa shape index (κ3) is 2.69. The first-order valence-corrected chi connectivity index (χ1v) is 7.45. The SMILES string of the molecule is CC1CCC2(CC1)NC(=O)N(NC(=O)c1ccc(=O)[nH]n1)C2=O. The summed E-state index contributed by atoms with van der Waals surface area (Å²) >= 11 is 0. The second kappa shape index (κ2) is 5.49. The molecule has 1 saturated carbocycles. The van der Waals surface area contributed by atoms with Crippen LogP contribution in [0, 0.1) is 5.92 Å². The molecule has 23 heavy (non-hydrogen) atoms. The Morgan fingerprint density at radius 2 is 2.00 bits per heavy atom. The Morgan fingerprint density at radius 1 is 1.30 bits per heavy atom. The highest BCUT2D eigenvalue weighted by molar-refractivity contribution is 6.09. The van der Waals surface area contributed by atoms with Crippen LogP contribution in [-0.2, 0) is 4.79 Å². The van der Waals surface area contributed by atoms with Crippen molar-refractivity contribution in [2.75, 3.05) is 0 Å². The number of carbonyl (C=O) groups is 3. The van der Waals surface area contributed by atoms with E-state index in [2.05, 4.69) is 27.9 Å². The summed E-state index contributed by atoms with van der Waals surface area (Å²) in [5, 5.41) is 9.08. The van der Waals surface area contributed by atoms with Gasteiger partial charge in [-0.1, -0.05) is 6.92 Å². The van der Waals surface area contributed by atoms with Gasteiger partial charge in [0, 0.05) is 6.07 Å². The summed E-state index contributed by atoms with van der Waals surface area (Å²) in [5.41, 5.74) is 0.778. The summed E-state index contributed by atoms with van der Waals surface area (Å²) in [6.45, 7) is 2.11. The topological polar surface area (TPSA) is 124 Å². The number of carbonyl (C=O) groups excluding carboxylic acids is 3. The van der Waals surface area contributed by atoms with Crippen molar-refractivity contribution >= 4 is 17.8 Å². The van der Waals surface area contributed by atoms with Gasteiger partial charge in [0.25, 0.3) is 17.4 Å². The molecule has 3 N–H and O–H groups in total. The minimum Gasteiger partial charge on any atom is -0.322 e. The Morgan fingerprint density at radius 3 is 2.61 bits per heavy atom. The minimum atomic E-state index is -0.921. The summed E-state index contributed by atoms with van der Waals surface area (Å²) in [4.78, 5) is 47.6. The third-order valence-corrected chi connectivity index (χ3v) is 4.41. The zero-order valence-electron chi connectivity index (χ0n) is 12.6. The summed E-state index contributed by atoms with van der Waals surface area (Å²) in [5.74, 6) is -0.683. The van der Waals surface area contributed by atoms with E-state index in [0.29, 0.717) is 23.8 Å². The lowest BCUT2D eigenvalue weighted by atomic mass is 9.77. The average molecular weight is 319 g/mol. The van der Waals surface area contributed by atoms with E-state index in [1.54, 1.807) is 0 Å². The van der Waals surface area contributed by atoms with Crippen molar-refractivity contribution in [3.63, 3.8) is 0 Å². The molecule has 9 nitrogen and oxygen atoms in total. The number of nitrogens with zero attached hydrogens (tertiary/aromatic N) is 2. The highest BCUT2D eigenvalue weighted by atomic mass is 16.2. The number of aromatic amines is 1. The van der Waals surface area contributed by atoms with Crippen molar-refractivity contribution in [1.29, 1.82) is 0 Å². The van der Waals surface area contributed by atoms with E-state index in [4.69, 9.17) is 0 Å². The lowest BCUT2D eigenvalue weighted by molar-refractivity contribution is -0.134. The summed E-state index contributed by atoms with van der Waals surface area (Å²) < 4.78 is 0. The molecular formula is C14H17N5O4. The first-order valence-electron chi connectivity index (χ1n) is 7.45. The third-order valence-electron chi connectivity index (χ3n) is 4.41. The lowest BCUT2D eigenvalue weighted by Crippen LogP contribution is -2.51. The van der Waals surface area contributed by atoms with E-state index >= 15 is 0 Å². The van der Waals surface area contributed by atoms with Crippen molar-refractivity contribution in [1.82, 2.24) is 25.9 Å². The van der Waals surface area contributed by atoms with Crippen molar-refractivity contribution in [3.05, 3.63) is 28.2 Å². The first kappa shape index (κ1) is 15.2. The maximum absolute atomic E-state index is 12.6.